The van der Waals surface area contributed by atoms with Gasteiger partial charge in [-0.15, -0.1) is 0 Å². The van der Waals surface area contributed by atoms with Crippen molar-refractivity contribution in [2.75, 3.05) is 23.7 Å². The van der Waals surface area contributed by atoms with E-state index in [4.69, 9.17) is 0 Å². The van der Waals surface area contributed by atoms with Crippen molar-refractivity contribution in [2.24, 2.45) is 11.8 Å². The predicted octanol–water partition coefficient (Wildman–Crippen LogP) is 4.40. The number of nitrogens with one attached hydrogen (secondary N) is 3. The van der Waals surface area contributed by atoms with E-state index >= 15 is 0 Å². The molecule has 2 aromatic rings. The first-order valence-electron chi connectivity index (χ1n) is 13.2. The van der Waals surface area contributed by atoms with Crippen LogP contribution in [0.3, 0.4) is 0 Å². The summed E-state index contributed by atoms with van der Waals surface area (Å²) in [5, 5.41) is 14.4. The Bertz CT molecular complexity index is 1020. The molecule has 0 unspecified atom stereocenters. The number of aromatic nitrogens is 4. The van der Waals surface area contributed by atoms with Gasteiger partial charge in [0.1, 0.15) is 11.6 Å². The zero-order valence-corrected chi connectivity index (χ0v) is 20.6. The maximum absolute atomic E-state index is 12.5. The molecule has 2 saturated carbocycles. The third-order valence-electron chi connectivity index (χ3n) is 7.92. The summed E-state index contributed by atoms with van der Waals surface area (Å²) in [7, 11) is 0. The van der Waals surface area contributed by atoms with Crippen LogP contribution < -0.4 is 10.6 Å². The van der Waals surface area contributed by atoms with Crippen LogP contribution in [0, 0.1) is 11.8 Å². The molecule has 5 rings (SSSR count). The number of carbonyl (C=O) groups excluding carboxylic acids is 2. The Hall–Kier alpha value is -2.97. The minimum absolute atomic E-state index is 0.111. The van der Waals surface area contributed by atoms with Crippen molar-refractivity contribution in [1.29, 1.82) is 0 Å². The molecule has 0 bridgehead atoms. The smallest absolute Gasteiger partial charge is 0.224 e. The van der Waals surface area contributed by atoms with E-state index in [2.05, 4.69) is 36.9 Å². The molecule has 2 aliphatic carbocycles. The molecule has 3 aliphatic rings. The summed E-state index contributed by atoms with van der Waals surface area (Å²) >= 11 is 0. The fourth-order valence-electron chi connectivity index (χ4n) is 5.85. The Kier molecular flexibility index (Phi) is 7.29. The van der Waals surface area contributed by atoms with Crippen molar-refractivity contribution < 1.29 is 9.59 Å². The summed E-state index contributed by atoms with van der Waals surface area (Å²) in [4.78, 5) is 34.6. The molecule has 0 spiro atoms. The van der Waals surface area contributed by atoms with Crippen LogP contribution in [0.25, 0.3) is 0 Å². The first-order chi connectivity index (χ1) is 17.0. The number of rotatable bonds is 9. The van der Waals surface area contributed by atoms with Gasteiger partial charge in [0.25, 0.3) is 0 Å². The van der Waals surface area contributed by atoms with Crippen LogP contribution in [-0.2, 0) is 9.59 Å². The highest BCUT2D eigenvalue weighted by molar-refractivity contribution is 5.80. The van der Waals surface area contributed by atoms with Crippen LogP contribution in [0.5, 0.6) is 0 Å². The van der Waals surface area contributed by atoms with Gasteiger partial charge in [-0.3, -0.25) is 14.7 Å². The second-order valence-electron chi connectivity index (χ2n) is 10.7. The van der Waals surface area contributed by atoms with Crippen molar-refractivity contribution in [3.05, 3.63) is 24.0 Å². The molecule has 9 heteroatoms. The number of hydrogen-bond acceptors (Lipinski definition) is 7. The van der Waals surface area contributed by atoms with Gasteiger partial charge < -0.3 is 15.5 Å². The van der Waals surface area contributed by atoms with Crippen molar-refractivity contribution >= 4 is 29.3 Å². The van der Waals surface area contributed by atoms with E-state index in [1.165, 1.54) is 31.4 Å². The molecular formula is C26H37N7O2. The van der Waals surface area contributed by atoms with Gasteiger partial charge >= 0.3 is 0 Å². The van der Waals surface area contributed by atoms with Crippen LogP contribution in [0.2, 0.25) is 0 Å². The van der Waals surface area contributed by atoms with Gasteiger partial charge in [-0.05, 0) is 50.5 Å². The Morgan fingerprint density at radius 1 is 1.03 bits per heavy atom. The highest BCUT2D eigenvalue weighted by Gasteiger charge is 2.31. The normalized spacial score (nSPS) is 23.2. The van der Waals surface area contributed by atoms with Crippen LogP contribution in [0.4, 0.5) is 17.6 Å². The van der Waals surface area contributed by atoms with Crippen LogP contribution in [0.1, 0.15) is 82.7 Å². The first-order valence-corrected chi connectivity index (χ1v) is 13.2. The van der Waals surface area contributed by atoms with Crippen LogP contribution in [0.15, 0.2) is 18.3 Å². The third-order valence-corrected chi connectivity index (χ3v) is 7.92. The number of amides is 1. The van der Waals surface area contributed by atoms with E-state index in [1.807, 2.05) is 11.0 Å². The molecule has 0 aromatic carbocycles. The van der Waals surface area contributed by atoms with Crippen molar-refractivity contribution in [1.82, 2.24) is 25.1 Å². The molecule has 1 saturated heterocycles. The number of likely N-dealkylation sites (tertiary alicyclic amines) is 1. The number of ketones is 1. The zero-order valence-electron chi connectivity index (χ0n) is 20.6. The largest absolute Gasteiger partial charge is 0.351 e. The highest BCUT2D eigenvalue weighted by atomic mass is 16.2. The van der Waals surface area contributed by atoms with Gasteiger partial charge in [0, 0.05) is 68.7 Å². The summed E-state index contributed by atoms with van der Waals surface area (Å²) in [6.07, 6.45) is 12.3. The quantitative estimate of drug-likeness (QED) is 0.488. The van der Waals surface area contributed by atoms with Crippen LogP contribution in [-0.4, -0.2) is 55.9 Å². The Labute approximate surface area is 206 Å². The molecule has 1 aliphatic heterocycles. The zero-order chi connectivity index (χ0) is 24.2. The highest BCUT2D eigenvalue weighted by Crippen LogP contribution is 2.34. The number of Topliss-reactive ketones (excluding diaryl/α,β-unsaturated/α-hetero) is 1. The van der Waals surface area contributed by atoms with E-state index in [9.17, 15) is 9.59 Å². The van der Waals surface area contributed by atoms with E-state index in [0.717, 1.165) is 50.4 Å². The lowest BCUT2D eigenvalue weighted by atomic mass is 9.81. The molecule has 3 heterocycles. The number of aromatic amines is 1. The van der Waals surface area contributed by atoms with Crippen molar-refractivity contribution in [3.63, 3.8) is 0 Å². The first kappa shape index (κ1) is 23.8. The van der Waals surface area contributed by atoms with E-state index in [1.54, 1.807) is 13.1 Å². The number of hydrogen-bond donors (Lipinski definition) is 3. The van der Waals surface area contributed by atoms with Gasteiger partial charge in [0.05, 0.1) is 0 Å². The summed E-state index contributed by atoms with van der Waals surface area (Å²) < 4.78 is 0. The number of carbonyl (C=O) groups is 2. The molecule has 9 nitrogen and oxygen atoms in total. The van der Waals surface area contributed by atoms with E-state index < -0.39 is 0 Å². The minimum atomic E-state index is 0.111. The Morgan fingerprint density at radius 3 is 2.51 bits per heavy atom. The fourth-order valence-corrected chi connectivity index (χ4v) is 5.85. The molecule has 188 valence electrons. The van der Waals surface area contributed by atoms with Crippen molar-refractivity contribution in [3.8, 4) is 0 Å². The lowest BCUT2D eigenvalue weighted by Crippen LogP contribution is -2.49. The van der Waals surface area contributed by atoms with Gasteiger partial charge in [0.2, 0.25) is 11.9 Å². The molecular weight excluding hydrogens is 442 g/mol. The molecule has 3 fully saturated rings. The topological polar surface area (TPSA) is 116 Å². The Morgan fingerprint density at radius 2 is 1.77 bits per heavy atom. The standard InChI is InChI=1S/C26H37N7O2/c1-17(34)33-15-19(16-33)13-22(35)12-18-6-8-21(9-7-18)28-26-27-11-10-24(30-26)29-25-14-23(31-32-25)20-4-2-3-5-20/h10-11,14,18-21H,2-9,12-13,15-16H2,1H3,(H3,27,28,29,30,31,32). The van der Waals surface area contributed by atoms with E-state index in [-0.39, 0.29) is 5.91 Å². The SMILES string of the molecule is CC(=O)N1CC(CC(=O)CC2CCC(Nc3nccc(Nc4cc(C5CCCC5)[nH]n4)n3)CC2)C1. The lowest BCUT2D eigenvalue weighted by molar-refractivity contribution is -0.137. The lowest BCUT2D eigenvalue weighted by Gasteiger charge is -2.38. The molecule has 2 aromatic heterocycles. The number of H-pyrrole nitrogens is 1. The fraction of sp³-hybridized carbons (Fsp3) is 0.654. The van der Waals surface area contributed by atoms with E-state index in [0.29, 0.717) is 48.4 Å². The molecule has 0 atom stereocenters. The molecule has 35 heavy (non-hydrogen) atoms. The summed E-state index contributed by atoms with van der Waals surface area (Å²) in [5.41, 5.74) is 1.21. The number of anilines is 3. The van der Waals surface area contributed by atoms with Gasteiger partial charge in [-0.1, -0.05) is 12.8 Å². The summed E-state index contributed by atoms with van der Waals surface area (Å²) in [6.45, 7) is 3.08. The van der Waals surface area contributed by atoms with Gasteiger partial charge in [-0.2, -0.15) is 10.1 Å². The van der Waals surface area contributed by atoms with Gasteiger partial charge in [0.15, 0.2) is 5.82 Å². The second kappa shape index (κ2) is 10.7. The van der Waals surface area contributed by atoms with Gasteiger partial charge in [-0.25, -0.2) is 4.98 Å². The molecule has 1 amide bonds. The maximum Gasteiger partial charge on any atom is 0.224 e. The molecule has 0 radical (unpaired) electrons. The maximum atomic E-state index is 12.5. The van der Waals surface area contributed by atoms with Crippen LogP contribution >= 0.6 is 0 Å². The average molecular weight is 480 g/mol. The summed E-state index contributed by atoms with van der Waals surface area (Å²) in [6, 6.07) is 4.28. The third kappa shape index (κ3) is 6.18. The number of nitrogens with zero attached hydrogens (tertiary/aromatic N) is 4. The summed E-state index contributed by atoms with van der Waals surface area (Å²) in [5.74, 6) is 4.03. The molecule has 3 N–H and O–H groups in total. The average Bonchev–Trinajstić information content (AvgIpc) is 3.49. The minimum Gasteiger partial charge on any atom is -0.351 e. The second-order valence-corrected chi connectivity index (χ2v) is 10.7. The van der Waals surface area contributed by atoms with Crippen molar-refractivity contribution in [2.45, 2.75) is 83.1 Å². The Balaban J connectivity index is 1.05. The predicted molar refractivity (Wildman–Crippen MR) is 134 cm³/mol. The monoisotopic (exact) mass is 479 g/mol.